The van der Waals surface area contributed by atoms with Gasteiger partial charge in [-0.1, -0.05) is 0 Å². The summed E-state index contributed by atoms with van der Waals surface area (Å²) in [7, 11) is 0. The average Bonchev–Trinajstić information content (AvgIpc) is 2.44. The highest BCUT2D eigenvalue weighted by molar-refractivity contribution is 5.88. The van der Waals surface area contributed by atoms with Crippen LogP contribution in [0.3, 0.4) is 0 Å². The Hall–Kier alpha value is -2.45. The molecule has 1 aromatic carbocycles. The molecule has 0 saturated carbocycles. The first-order chi connectivity index (χ1) is 9.92. The Morgan fingerprint density at radius 2 is 1.76 bits per heavy atom. The van der Waals surface area contributed by atoms with Gasteiger partial charge in [-0.05, 0) is 0 Å². The third kappa shape index (κ3) is 4.01. The monoisotopic (exact) mass is 307 g/mol. The number of ether oxygens (including phenoxy) is 1. The van der Waals surface area contributed by atoms with Crippen LogP contribution in [0.2, 0.25) is 0 Å². The SMILES string of the molecule is O=CCC(NC=O)C(=O)COc1c(F)c(F)cc(F)c1F. The highest BCUT2D eigenvalue weighted by Crippen LogP contribution is 2.26. The fourth-order valence-corrected chi connectivity index (χ4v) is 1.39. The van der Waals surface area contributed by atoms with E-state index in [-0.39, 0.29) is 18.9 Å². The molecule has 1 rings (SSSR count). The molecular formula is C12H9F4NO4. The predicted molar refractivity (Wildman–Crippen MR) is 60.4 cm³/mol. The zero-order chi connectivity index (χ0) is 16.0. The lowest BCUT2D eigenvalue weighted by Crippen LogP contribution is -2.39. The van der Waals surface area contributed by atoms with E-state index in [0.717, 1.165) is 0 Å². The number of halogens is 4. The van der Waals surface area contributed by atoms with E-state index in [1.165, 1.54) is 0 Å². The van der Waals surface area contributed by atoms with E-state index < -0.39 is 47.5 Å². The molecule has 5 nitrogen and oxygen atoms in total. The highest BCUT2D eigenvalue weighted by atomic mass is 19.2. The summed E-state index contributed by atoms with van der Waals surface area (Å²) in [5.74, 6) is -9.26. The Labute approximate surface area is 115 Å². The number of hydrogen-bond acceptors (Lipinski definition) is 4. The Morgan fingerprint density at radius 1 is 1.19 bits per heavy atom. The molecule has 0 fully saturated rings. The van der Waals surface area contributed by atoms with Crippen LogP contribution < -0.4 is 10.1 Å². The lowest BCUT2D eigenvalue weighted by Gasteiger charge is -2.13. The van der Waals surface area contributed by atoms with Crippen LogP contribution in [0.15, 0.2) is 6.07 Å². The van der Waals surface area contributed by atoms with E-state index in [0.29, 0.717) is 6.29 Å². The molecule has 9 heteroatoms. The summed E-state index contributed by atoms with van der Waals surface area (Å²) >= 11 is 0. The number of hydrogen-bond donors (Lipinski definition) is 1. The zero-order valence-corrected chi connectivity index (χ0v) is 10.4. The number of Topliss-reactive ketones (excluding diaryl/α,β-unsaturated/α-hetero) is 1. The standard InChI is InChI=1S/C12H9F4NO4/c13-6-3-7(14)11(16)12(10(6)15)21-4-9(20)8(1-2-18)17-5-19/h2-3,5,8H,1,4H2,(H,17,19). The summed E-state index contributed by atoms with van der Waals surface area (Å²) in [5, 5.41) is 1.99. The molecule has 0 saturated heterocycles. The summed E-state index contributed by atoms with van der Waals surface area (Å²) in [6.07, 6.45) is 0.0978. The normalized spacial score (nSPS) is 11.6. The summed E-state index contributed by atoms with van der Waals surface area (Å²) in [5.41, 5.74) is 0. The second-order valence-electron chi connectivity index (χ2n) is 3.79. The first-order valence-corrected chi connectivity index (χ1v) is 5.54. The van der Waals surface area contributed by atoms with E-state index in [9.17, 15) is 31.9 Å². The van der Waals surface area contributed by atoms with Crippen LogP contribution in [0, 0.1) is 23.3 Å². The minimum atomic E-state index is -1.79. The van der Waals surface area contributed by atoms with E-state index in [2.05, 4.69) is 4.74 Å². The van der Waals surface area contributed by atoms with Crippen molar-refractivity contribution in [3.8, 4) is 5.75 Å². The van der Waals surface area contributed by atoms with Crippen LogP contribution in [0.4, 0.5) is 17.6 Å². The summed E-state index contributed by atoms with van der Waals surface area (Å²) in [4.78, 5) is 32.1. The largest absolute Gasteiger partial charge is 0.479 e. The van der Waals surface area contributed by atoms with Crippen LogP contribution in [-0.4, -0.2) is 31.1 Å². The van der Waals surface area contributed by atoms with E-state index in [4.69, 9.17) is 0 Å². The predicted octanol–water partition coefficient (Wildman–Crippen LogP) is 0.894. The number of benzene rings is 1. The summed E-state index contributed by atoms with van der Waals surface area (Å²) in [6, 6.07) is -1.27. The molecule has 114 valence electrons. The molecule has 0 aliphatic carbocycles. The second kappa shape index (κ2) is 7.36. The van der Waals surface area contributed by atoms with Gasteiger partial charge in [-0.25, -0.2) is 8.78 Å². The third-order valence-corrected chi connectivity index (χ3v) is 2.42. The Kier molecular flexibility index (Phi) is 5.82. The number of carbonyl (C=O) groups excluding carboxylic acids is 3. The minimum absolute atomic E-state index is 0.0114. The van der Waals surface area contributed by atoms with Crippen LogP contribution in [0.5, 0.6) is 5.75 Å². The number of aldehydes is 1. The maximum atomic E-state index is 13.2. The van der Waals surface area contributed by atoms with Crippen molar-refractivity contribution in [1.82, 2.24) is 5.32 Å². The van der Waals surface area contributed by atoms with E-state index >= 15 is 0 Å². The van der Waals surface area contributed by atoms with Crippen molar-refractivity contribution in [3.05, 3.63) is 29.3 Å². The molecular weight excluding hydrogens is 298 g/mol. The highest BCUT2D eigenvalue weighted by Gasteiger charge is 2.23. The molecule has 0 bridgehead atoms. The van der Waals surface area contributed by atoms with E-state index in [1.54, 1.807) is 0 Å². The number of rotatable bonds is 8. The van der Waals surface area contributed by atoms with Gasteiger partial charge in [0.1, 0.15) is 12.9 Å². The topological polar surface area (TPSA) is 72.5 Å². The number of carbonyl (C=O) groups is 3. The van der Waals surface area contributed by atoms with Gasteiger partial charge in [0.15, 0.2) is 23.2 Å². The van der Waals surface area contributed by atoms with Gasteiger partial charge in [0.2, 0.25) is 18.0 Å². The fraction of sp³-hybridized carbons (Fsp3) is 0.250. The Morgan fingerprint density at radius 3 is 2.24 bits per heavy atom. The van der Waals surface area contributed by atoms with Gasteiger partial charge >= 0.3 is 0 Å². The van der Waals surface area contributed by atoms with Crippen LogP contribution in [0.1, 0.15) is 6.42 Å². The van der Waals surface area contributed by atoms with Gasteiger partial charge in [0.25, 0.3) is 0 Å². The number of ketones is 1. The number of amides is 1. The maximum Gasteiger partial charge on any atom is 0.207 e. The first-order valence-electron chi connectivity index (χ1n) is 5.54. The van der Waals surface area contributed by atoms with Gasteiger partial charge in [-0.15, -0.1) is 0 Å². The molecule has 1 unspecified atom stereocenters. The summed E-state index contributed by atoms with van der Waals surface area (Å²) in [6.45, 7) is -0.990. The van der Waals surface area contributed by atoms with Gasteiger partial charge in [-0.3, -0.25) is 9.59 Å². The molecule has 0 aromatic heterocycles. The van der Waals surface area contributed by atoms with E-state index in [1.807, 2.05) is 5.32 Å². The van der Waals surface area contributed by atoms with Crippen LogP contribution in [-0.2, 0) is 14.4 Å². The minimum Gasteiger partial charge on any atom is -0.479 e. The van der Waals surface area contributed by atoms with Crippen molar-refractivity contribution in [2.24, 2.45) is 0 Å². The second-order valence-corrected chi connectivity index (χ2v) is 3.79. The van der Waals surface area contributed by atoms with Crippen LogP contribution >= 0.6 is 0 Å². The fourth-order valence-electron chi connectivity index (χ4n) is 1.39. The van der Waals surface area contributed by atoms with Gasteiger partial charge in [-0.2, -0.15) is 8.78 Å². The van der Waals surface area contributed by atoms with Crippen molar-refractivity contribution in [2.75, 3.05) is 6.61 Å². The first kappa shape index (κ1) is 16.6. The van der Waals surface area contributed by atoms with Crippen molar-refractivity contribution >= 4 is 18.5 Å². The molecule has 1 amide bonds. The lowest BCUT2D eigenvalue weighted by molar-refractivity contribution is -0.126. The molecule has 0 heterocycles. The molecule has 21 heavy (non-hydrogen) atoms. The molecule has 0 spiro atoms. The quantitative estimate of drug-likeness (QED) is 0.440. The van der Waals surface area contributed by atoms with Crippen LogP contribution in [0.25, 0.3) is 0 Å². The average molecular weight is 307 g/mol. The van der Waals surface area contributed by atoms with Gasteiger partial charge < -0.3 is 14.8 Å². The van der Waals surface area contributed by atoms with Gasteiger partial charge in [0.05, 0.1) is 6.04 Å². The molecule has 1 atom stereocenters. The lowest BCUT2D eigenvalue weighted by atomic mass is 10.1. The summed E-state index contributed by atoms with van der Waals surface area (Å²) < 4.78 is 56.7. The van der Waals surface area contributed by atoms with Crippen molar-refractivity contribution in [1.29, 1.82) is 0 Å². The van der Waals surface area contributed by atoms with Gasteiger partial charge in [0, 0.05) is 12.5 Å². The molecule has 1 N–H and O–H groups in total. The van der Waals surface area contributed by atoms with Crippen molar-refractivity contribution in [3.63, 3.8) is 0 Å². The Bertz CT molecular complexity index is 528. The molecule has 0 aliphatic rings. The molecule has 0 aliphatic heterocycles. The third-order valence-electron chi connectivity index (χ3n) is 2.42. The zero-order valence-electron chi connectivity index (χ0n) is 10.4. The number of nitrogens with one attached hydrogen (secondary N) is 1. The smallest absolute Gasteiger partial charge is 0.207 e. The molecule has 0 radical (unpaired) electrons. The van der Waals surface area contributed by atoms with Crippen molar-refractivity contribution in [2.45, 2.75) is 12.5 Å². The Balaban J connectivity index is 2.86. The maximum absolute atomic E-state index is 13.2. The molecule has 1 aromatic rings. The van der Waals surface area contributed by atoms with Crippen molar-refractivity contribution < 1.29 is 36.7 Å².